The van der Waals surface area contributed by atoms with Crippen LogP contribution in [0.4, 0.5) is 14.4 Å². The number of nitrogens with zero attached hydrogens (tertiary/aromatic N) is 8. The smallest absolute Gasteiger partial charge is 0.410 e. The molecule has 0 spiro atoms. The largest absolute Gasteiger partial charge is 0.444 e. The highest BCUT2D eigenvalue weighted by Crippen LogP contribution is 2.31. The van der Waals surface area contributed by atoms with Crippen molar-refractivity contribution in [3.8, 4) is 0 Å². The number of halogens is 2. The lowest BCUT2D eigenvalue weighted by molar-refractivity contribution is -0.131. The van der Waals surface area contributed by atoms with Crippen LogP contribution in [0.25, 0.3) is 0 Å². The molecule has 0 unspecified atom stereocenters. The quantitative estimate of drug-likeness (QED) is 0.179. The number of piperidine rings is 4. The average Bonchev–Trinajstić information content (AvgIpc) is 1.98. The third kappa shape index (κ3) is 25.8. The molecule has 2 aromatic heterocycles. The number of urea groups is 2. The second-order valence-electron chi connectivity index (χ2n) is 22.8. The van der Waals surface area contributed by atoms with Gasteiger partial charge in [0.1, 0.15) is 12.3 Å². The van der Waals surface area contributed by atoms with E-state index in [-0.39, 0.29) is 68.1 Å². The highest BCUT2D eigenvalue weighted by Gasteiger charge is 2.42. The van der Waals surface area contributed by atoms with Crippen LogP contribution in [0.2, 0.25) is 0 Å². The molecule has 6 aliphatic rings. The van der Waals surface area contributed by atoms with Crippen molar-refractivity contribution in [3.05, 3.63) is 68.5 Å². The Morgan fingerprint density at radius 1 is 0.540 bits per heavy atom. The number of imide groups is 2. The molecule has 0 bridgehead atoms. The van der Waals surface area contributed by atoms with Gasteiger partial charge in [0.05, 0.1) is 35.5 Å². The van der Waals surface area contributed by atoms with E-state index in [1.54, 1.807) is 43.7 Å². The van der Waals surface area contributed by atoms with Gasteiger partial charge in [-0.1, -0.05) is 62.8 Å². The normalized spacial score (nSPS) is 18.3. The number of carbonyl (C=O) groups is 5. The van der Waals surface area contributed by atoms with Crippen LogP contribution in [0.15, 0.2) is 46.2 Å². The first-order chi connectivity index (χ1) is 41.0. The third-order valence-corrected chi connectivity index (χ3v) is 15.5. The van der Waals surface area contributed by atoms with Crippen molar-refractivity contribution in [2.45, 2.75) is 230 Å². The van der Waals surface area contributed by atoms with Crippen LogP contribution in [0, 0.1) is 0 Å². The van der Waals surface area contributed by atoms with E-state index in [2.05, 4.69) is 52.8 Å². The number of rotatable bonds is 13. The number of aromatic nitrogens is 2. The molecule has 502 valence electrons. The topological polar surface area (TPSA) is 210 Å². The van der Waals surface area contributed by atoms with E-state index < -0.39 is 16.7 Å². The van der Waals surface area contributed by atoms with Crippen LogP contribution < -0.4 is 21.8 Å². The van der Waals surface area contributed by atoms with Crippen LogP contribution in [0.3, 0.4) is 0 Å². The molecule has 21 nitrogen and oxygen atoms in total. The first kappa shape index (κ1) is 83.3. The Labute approximate surface area is 547 Å². The molecule has 8 heterocycles. The van der Waals surface area contributed by atoms with Crippen LogP contribution in [0.5, 0.6) is 0 Å². The zero-order valence-electron chi connectivity index (χ0n) is 55.9. The van der Waals surface area contributed by atoms with Gasteiger partial charge in [-0.25, -0.2) is 14.4 Å². The standard InChI is InChI=1S/C25H39N5O4.C15H21N3O4.C15H28N2O3.4C2H6.CH4.I2/c1-25(2,30-16-10-22(31)27(3)24(30)33)21-5-4-13-29(23(21)32)18-17-28-14-8-20(9-15-28)34-19-6-11-26-12-7-19;1-15(2,18-9-7-12(19)16(3)14(18)21)11-6-5-8-17(10-22-4)13(11)20;1-15(2,3)20-14(18)17-10-6-13(7-11-17)19-12-4-8-16-9-5-12;4*1-2;;1-2/h4-5,13,19-20,26H,6-12,14-18H2,1-3H3;5-6,8H,7,9-10H2,1-4H3;12-13,16H,4-11H2,1-3H3;4*1-2H3;1H4;. The van der Waals surface area contributed by atoms with Gasteiger partial charge >= 0.3 is 18.2 Å². The van der Waals surface area contributed by atoms with E-state index in [1.807, 2.05) is 116 Å². The first-order valence-electron chi connectivity index (χ1n) is 31.6. The molecule has 6 fully saturated rings. The Morgan fingerprint density at radius 2 is 0.897 bits per heavy atom. The highest BCUT2D eigenvalue weighted by molar-refractivity contribution is 15.0. The summed E-state index contributed by atoms with van der Waals surface area (Å²) in [5.41, 5.74) is -1.27. The molecule has 6 saturated heterocycles. The molecular formula is C64H116I2N10O11. The minimum absolute atomic E-state index is 0. The van der Waals surface area contributed by atoms with Gasteiger partial charge in [0.15, 0.2) is 0 Å². The summed E-state index contributed by atoms with van der Waals surface area (Å²) in [5, 5.41) is 6.73. The summed E-state index contributed by atoms with van der Waals surface area (Å²) in [7, 11) is 4.47. The lowest BCUT2D eigenvalue weighted by atomic mass is 9.92. The average molecular weight is 1460 g/mol. The van der Waals surface area contributed by atoms with Gasteiger partial charge in [-0.2, -0.15) is 0 Å². The molecule has 2 N–H and O–H groups in total. The molecule has 6 aliphatic heterocycles. The summed E-state index contributed by atoms with van der Waals surface area (Å²) in [4.78, 5) is 96.1. The van der Waals surface area contributed by atoms with Gasteiger partial charge in [0, 0.05) is 147 Å². The van der Waals surface area contributed by atoms with E-state index in [4.69, 9.17) is 18.9 Å². The third-order valence-electron chi connectivity index (χ3n) is 15.5. The summed E-state index contributed by atoms with van der Waals surface area (Å²) in [5.74, 6) is -0.394. The predicted molar refractivity (Wildman–Crippen MR) is 368 cm³/mol. The Balaban J connectivity index is 0.00000122. The molecular weight excluding hydrogens is 1340 g/mol. The van der Waals surface area contributed by atoms with Crippen molar-refractivity contribution in [1.29, 1.82) is 0 Å². The van der Waals surface area contributed by atoms with Crippen molar-refractivity contribution >= 4 is 67.2 Å². The van der Waals surface area contributed by atoms with Crippen molar-refractivity contribution < 1.29 is 42.9 Å². The Hall–Kier alpha value is -3.73. The van der Waals surface area contributed by atoms with E-state index >= 15 is 0 Å². The molecule has 0 aromatic carbocycles. The number of likely N-dealkylation sites (tertiary alicyclic amines) is 2. The summed E-state index contributed by atoms with van der Waals surface area (Å²) >= 11 is 4.24. The first-order valence-corrected chi connectivity index (χ1v) is 37.9. The number of carbonyl (C=O) groups excluding carboxylic acids is 5. The minimum Gasteiger partial charge on any atom is -0.444 e. The molecule has 7 amide bonds. The zero-order chi connectivity index (χ0) is 65.4. The van der Waals surface area contributed by atoms with Gasteiger partial charge in [-0.3, -0.25) is 33.5 Å². The Kier molecular flexibility index (Phi) is 41.3. The molecule has 8 rings (SSSR count). The van der Waals surface area contributed by atoms with Crippen LogP contribution >= 0.6 is 37.2 Å². The summed E-state index contributed by atoms with van der Waals surface area (Å²) < 4.78 is 26.1. The van der Waals surface area contributed by atoms with Crippen LogP contribution in [-0.2, 0) is 52.9 Å². The molecule has 0 saturated carbocycles. The summed E-state index contributed by atoms with van der Waals surface area (Å²) in [6.45, 7) is 38.9. The van der Waals surface area contributed by atoms with Gasteiger partial charge < -0.3 is 53.7 Å². The van der Waals surface area contributed by atoms with E-state index in [0.717, 1.165) is 120 Å². The minimum atomic E-state index is -0.820. The summed E-state index contributed by atoms with van der Waals surface area (Å²) in [6, 6.07) is 6.39. The Morgan fingerprint density at radius 3 is 1.28 bits per heavy atom. The maximum absolute atomic E-state index is 13.4. The maximum Gasteiger partial charge on any atom is 0.410 e. The van der Waals surface area contributed by atoms with Crippen LogP contribution in [-0.4, -0.2) is 192 Å². The van der Waals surface area contributed by atoms with Gasteiger partial charge in [-0.15, -0.1) is 0 Å². The predicted octanol–water partition coefficient (Wildman–Crippen LogP) is 11.2. The Bertz CT molecular complexity index is 2410. The van der Waals surface area contributed by atoms with Gasteiger partial charge in [0.2, 0.25) is 11.8 Å². The van der Waals surface area contributed by atoms with E-state index in [9.17, 15) is 33.6 Å². The van der Waals surface area contributed by atoms with Crippen molar-refractivity contribution in [3.63, 3.8) is 0 Å². The maximum atomic E-state index is 13.4. The molecule has 0 aliphatic carbocycles. The number of pyridine rings is 2. The van der Waals surface area contributed by atoms with E-state index in [1.165, 1.54) is 25.8 Å². The number of methoxy groups -OCH3 is 1. The van der Waals surface area contributed by atoms with Crippen molar-refractivity contribution in [1.82, 2.24) is 49.2 Å². The van der Waals surface area contributed by atoms with Crippen molar-refractivity contribution in [2.24, 2.45) is 0 Å². The number of nitrogens with one attached hydrogen (secondary N) is 2. The molecule has 2 aromatic rings. The zero-order valence-corrected chi connectivity index (χ0v) is 60.2. The SMILES string of the molecule is C.CC.CC.CC.CC.CC(C)(C)OC(=O)N1CCC(OC2CCNCC2)CC1.CN1C(=O)CCN(C(C)(C)c2cccn(CCN3CCC(OC4CCNCC4)CC3)c2=O)C1=O.COCn1cccc(C(C)(C)N2CCC(=O)N(C)C2=O)c1=O.II. The van der Waals surface area contributed by atoms with Gasteiger partial charge in [0.25, 0.3) is 11.1 Å². The lowest BCUT2D eigenvalue weighted by Gasteiger charge is -2.43. The van der Waals surface area contributed by atoms with Crippen LogP contribution in [0.1, 0.15) is 187 Å². The molecule has 0 radical (unpaired) electrons. The number of hydrogen-bond acceptors (Lipinski definition) is 14. The summed E-state index contributed by atoms with van der Waals surface area (Å²) in [6.07, 6.45) is 13.6. The molecule has 23 heteroatoms. The fraction of sp³-hybridized carbons (Fsp3) is 0.766. The number of hydrogen-bond donors (Lipinski definition) is 2. The monoisotopic (exact) mass is 1450 g/mol. The van der Waals surface area contributed by atoms with E-state index in [0.29, 0.717) is 55.2 Å². The number of amides is 7. The highest BCUT2D eigenvalue weighted by atomic mass is 128. The second-order valence-corrected chi connectivity index (χ2v) is 22.8. The number of ether oxygens (including phenoxy) is 4. The molecule has 87 heavy (non-hydrogen) atoms. The fourth-order valence-corrected chi connectivity index (χ4v) is 10.7. The second kappa shape index (κ2) is 43.1. The van der Waals surface area contributed by atoms with Crippen molar-refractivity contribution in [2.75, 3.05) is 93.2 Å². The molecule has 0 atom stereocenters. The van der Waals surface area contributed by atoms with Gasteiger partial charge in [-0.05, 0) is 150 Å². The fourth-order valence-electron chi connectivity index (χ4n) is 10.7. The lowest BCUT2D eigenvalue weighted by Crippen LogP contribution is -2.58.